The van der Waals surface area contributed by atoms with Gasteiger partial charge in [-0.15, -0.1) is 22.7 Å². The molecule has 21 heavy (non-hydrogen) atoms. The fraction of sp³-hybridized carbons (Fsp3) is 0.467. The van der Waals surface area contributed by atoms with E-state index in [0.29, 0.717) is 11.0 Å². The minimum Gasteiger partial charge on any atom is -0.317 e. The van der Waals surface area contributed by atoms with Gasteiger partial charge in [0.1, 0.15) is 0 Å². The molecule has 1 aliphatic heterocycles. The Kier molecular flexibility index (Phi) is 4.37. The summed E-state index contributed by atoms with van der Waals surface area (Å²) in [6.45, 7) is 6.16. The summed E-state index contributed by atoms with van der Waals surface area (Å²) < 4.78 is 0. The molecule has 2 aromatic rings. The van der Waals surface area contributed by atoms with E-state index in [1.807, 2.05) is 25.4 Å². The smallest absolute Gasteiger partial charge is 0.258 e. The molecule has 0 unspecified atom stereocenters. The number of hydrogen-bond donors (Lipinski definition) is 2. The van der Waals surface area contributed by atoms with Crippen LogP contribution in [0.25, 0.3) is 0 Å². The number of hydrogen-bond acceptors (Lipinski definition) is 5. The van der Waals surface area contributed by atoms with Crippen LogP contribution in [0.2, 0.25) is 0 Å². The van der Waals surface area contributed by atoms with E-state index in [0.717, 1.165) is 37.1 Å². The Morgan fingerprint density at radius 3 is 2.81 bits per heavy atom. The number of piperidine rings is 1. The number of nitrogens with one attached hydrogen (secondary N) is 2. The molecule has 1 amide bonds. The quantitative estimate of drug-likeness (QED) is 0.909. The average molecular weight is 321 g/mol. The van der Waals surface area contributed by atoms with Crippen molar-refractivity contribution in [2.75, 3.05) is 18.4 Å². The van der Waals surface area contributed by atoms with Crippen LogP contribution in [0.15, 0.2) is 11.6 Å². The van der Waals surface area contributed by atoms with Crippen LogP contribution in [0.3, 0.4) is 0 Å². The Morgan fingerprint density at radius 1 is 1.38 bits per heavy atom. The molecule has 0 aliphatic carbocycles. The zero-order valence-corrected chi connectivity index (χ0v) is 13.9. The van der Waals surface area contributed by atoms with E-state index in [2.05, 4.69) is 15.6 Å². The van der Waals surface area contributed by atoms with E-state index < -0.39 is 0 Å². The number of rotatable bonds is 3. The van der Waals surface area contributed by atoms with Crippen molar-refractivity contribution in [2.24, 2.45) is 0 Å². The summed E-state index contributed by atoms with van der Waals surface area (Å²) in [6, 6.07) is 0. The molecule has 3 rings (SSSR count). The van der Waals surface area contributed by atoms with Gasteiger partial charge < -0.3 is 5.32 Å². The van der Waals surface area contributed by atoms with Gasteiger partial charge >= 0.3 is 0 Å². The number of nitrogens with zero attached hydrogens (tertiary/aromatic N) is 1. The van der Waals surface area contributed by atoms with E-state index in [1.165, 1.54) is 9.75 Å². The maximum absolute atomic E-state index is 12.3. The van der Waals surface area contributed by atoms with Gasteiger partial charge in [-0.1, -0.05) is 0 Å². The third-order valence-electron chi connectivity index (χ3n) is 4.02. The monoisotopic (exact) mass is 321 g/mol. The first kappa shape index (κ1) is 14.7. The van der Waals surface area contributed by atoms with Gasteiger partial charge in [0.2, 0.25) is 0 Å². The van der Waals surface area contributed by atoms with E-state index in [9.17, 15) is 4.79 Å². The van der Waals surface area contributed by atoms with E-state index in [4.69, 9.17) is 0 Å². The van der Waals surface area contributed by atoms with Crippen molar-refractivity contribution in [3.8, 4) is 0 Å². The third kappa shape index (κ3) is 3.17. The molecule has 2 N–H and O–H groups in total. The molecule has 0 saturated carbocycles. The second kappa shape index (κ2) is 6.25. The van der Waals surface area contributed by atoms with Gasteiger partial charge in [0.15, 0.2) is 5.13 Å². The lowest BCUT2D eigenvalue weighted by Crippen LogP contribution is -2.26. The Bertz CT molecular complexity index is 641. The highest BCUT2D eigenvalue weighted by molar-refractivity contribution is 7.15. The number of thiazole rings is 1. The summed E-state index contributed by atoms with van der Waals surface area (Å²) in [4.78, 5) is 19.1. The van der Waals surface area contributed by atoms with Crippen LogP contribution < -0.4 is 10.6 Å². The predicted octanol–water partition coefficient (Wildman–Crippen LogP) is 3.54. The minimum atomic E-state index is -0.0527. The zero-order valence-electron chi connectivity index (χ0n) is 12.2. The van der Waals surface area contributed by atoms with E-state index in [1.54, 1.807) is 22.7 Å². The van der Waals surface area contributed by atoms with Gasteiger partial charge in [-0.25, -0.2) is 4.98 Å². The highest BCUT2D eigenvalue weighted by Gasteiger charge is 2.19. The highest BCUT2D eigenvalue weighted by atomic mass is 32.1. The number of aromatic nitrogens is 1. The molecule has 4 nitrogen and oxygen atoms in total. The second-order valence-corrected chi connectivity index (χ2v) is 7.52. The molecule has 0 bridgehead atoms. The minimum absolute atomic E-state index is 0.0527. The molecule has 0 spiro atoms. The van der Waals surface area contributed by atoms with Crippen LogP contribution in [-0.2, 0) is 0 Å². The molecular formula is C15H19N3OS2. The van der Waals surface area contributed by atoms with Gasteiger partial charge in [-0.2, -0.15) is 0 Å². The lowest BCUT2D eigenvalue weighted by Gasteiger charge is -2.20. The fourth-order valence-electron chi connectivity index (χ4n) is 2.54. The van der Waals surface area contributed by atoms with Crippen molar-refractivity contribution < 1.29 is 4.79 Å². The number of carbonyl (C=O) groups is 1. The molecular weight excluding hydrogens is 302 g/mol. The summed E-state index contributed by atoms with van der Waals surface area (Å²) in [5, 5.41) is 8.92. The maximum Gasteiger partial charge on any atom is 0.258 e. The first-order valence-electron chi connectivity index (χ1n) is 7.17. The van der Waals surface area contributed by atoms with Crippen LogP contribution in [0, 0.1) is 13.8 Å². The normalized spacial score (nSPS) is 16.1. The van der Waals surface area contributed by atoms with E-state index in [-0.39, 0.29) is 5.91 Å². The molecule has 1 fully saturated rings. The lowest BCUT2D eigenvalue weighted by atomic mass is 9.97. The van der Waals surface area contributed by atoms with Gasteiger partial charge in [0.05, 0.1) is 5.56 Å². The van der Waals surface area contributed by atoms with Crippen LogP contribution >= 0.6 is 22.7 Å². The Balaban J connectivity index is 1.69. The van der Waals surface area contributed by atoms with Crippen molar-refractivity contribution in [2.45, 2.75) is 32.6 Å². The number of thiophene rings is 1. The number of carbonyl (C=O) groups excluding carboxylic acids is 1. The van der Waals surface area contributed by atoms with Gasteiger partial charge in [0, 0.05) is 21.3 Å². The molecule has 1 aliphatic rings. The molecule has 0 radical (unpaired) electrons. The zero-order chi connectivity index (χ0) is 14.8. The topological polar surface area (TPSA) is 54.0 Å². The summed E-state index contributed by atoms with van der Waals surface area (Å²) in [6.07, 6.45) is 4.22. The maximum atomic E-state index is 12.3. The summed E-state index contributed by atoms with van der Waals surface area (Å²) in [5.41, 5.74) is 1.82. The van der Waals surface area contributed by atoms with Crippen molar-refractivity contribution in [1.82, 2.24) is 10.3 Å². The molecule has 0 aromatic carbocycles. The lowest BCUT2D eigenvalue weighted by molar-refractivity contribution is 0.102. The van der Waals surface area contributed by atoms with Crippen LogP contribution in [-0.4, -0.2) is 24.0 Å². The largest absolute Gasteiger partial charge is 0.317 e. The van der Waals surface area contributed by atoms with Crippen LogP contribution in [0.1, 0.15) is 44.4 Å². The van der Waals surface area contributed by atoms with E-state index >= 15 is 0 Å². The SMILES string of the molecule is Cc1scc(C(=O)Nc2ncc(C3CCNCC3)s2)c1C. The highest BCUT2D eigenvalue weighted by Crippen LogP contribution is 2.32. The van der Waals surface area contributed by atoms with Crippen molar-refractivity contribution >= 4 is 33.7 Å². The standard InChI is InChI=1S/C15H19N3OS2/c1-9-10(2)20-8-12(9)14(19)18-15-17-7-13(21-15)11-3-5-16-6-4-11/h7-8,11,16H,3-6H2,1-2H3,(H,17,18,19). The summed E-state index contributed by atoms with van der Waals surface area (Å²) in [5.74, 6) is 0.530. The summed E-state index contributed by atoms with van der Waals surface area (Å²) >= 11 is 3.22. The molecule has 1 saturated heterocycles. The average Bonchev–Trinajstić information content (AvgIpc) is 3.08. The molecule has 0 atom stereocenters. The molecule has 112 valence electrons. The van der Waals surface area contributed by atoms with Gasteiger partial charge in [0.25, 0.3) is 5.91 Å². The van der Waals surface area contributed by atoms with Crippen LogP contribution in [0.4, 0.5) is 5.13 Å². The summed E-state index contributed by atoms with van der Waals surface area (Å²) in [7, 11) is 0. The second-order valence-electron chi connectivity index (χ2n) is 5.38. The Hall–Kier alpha value is -1.24. The van der Waals surface area contributed by atoms with Crippen LogP contribution in [0.5, 0.6) is 0 Å². The van der Waals surface area contributed by atoms with Crippen molar-refractivity contribution in [3.63, 3.8) is 0 Å². The van der Waals surface area contributed by atoms with Gasteiger partial charge in [-0.05, 0) is 51.3 Å². The third-order valence-corrected chi connectivity index (χ3v) is 6.10. The number of amides is 1. The molecule has 2 aromatic heterocycles. The van der Waals surface area contributed by atoms with Crippen molar-refractivity contribution in [3.05, 3.63) is 32.5 Å². The van der Waals surface area contributed by atoms with Crippen molar-refractivity contribution in [1.29, 1.82) is 0 Å². The Labute approximate surface area is 132 Å². The fourth-order valence-corrected chi connectivity index (χ4v) is 4.39. The Morgan fingerprint density at radius 2 is 2.14 bits per heavy atom. The molecule has 6 heteroatoms. The number of aryl methyl sites for hydroxylation is 1. The number of anilines is 1. The first-order valence-corrected chi connectivity index (χ1v) is 8.87. The molecule has 3 heterocycles. The predicted molar refractivity (Wildman–Crippen MR) is 88.7 cm³/mol. The first-order chi connectivity index (χ1) is 10.1. The van der Waals surface area contributed by atoms with Gasteiger partial charge in [-0.3, -0.25) is 10.1 Å².